The van der Waals surface area contributed by atoms with E-state index in [0.717, 1.165) is 30.6 Å². The highest BCUT2D eigenvalue weighted by atomic mass is 16.5. The Morgan fingerprint density at radius 1 is 1.22 bits per heavy atom. The van der Waals surface area contributed by atoms with Crippen molar-refractivity contribution in [3.63, 3.8) is 0 Å². The van der Waals surface area contributed by atoms with Crippen molar-refractivity contribution in [2.24, 2.45) is 0 Å². The first kappa shape index (κ1) is 17.3. The van der Waals surface area contributed by atoms with E-state index in [1.165, 1.54) is 0 Å². The molecule has 27 heavy (non-hydrogen) atoms. The second-order valence-electron chi connectivity index (χ2n) is 7.24. The number of hydrogen-bond acceptors (Lipinski definition) is 6. The number of amides is 1. The Kier molecular flexibility index (Phi) is 4.43. The monoisotopic (exact) mass is 363 g/mol. The molecule has 1 saturated heterocycles. The molecule has 1 atom stereocenters. The fourth-order valence-electron chi connectivity index (χ4n) is 3.45. The normalized spacial score (nSPS) is 19.9. The van der Waals surface area contributed by atoms with Gasteiger partial charge >= 0.3 is 0 Å². The van der Waals surface area contributed by atoms with Gasteiger partial charge in [0.05, 0.1) is 5.56 Å². The molecule has 7 nitrogen and oxygen atoms in total. The lowest BCUT2D eigenvalue weighted by atomic mass is 9.81. The Labute approximate surface area is 157 Å². The quantitative estimate of drug-likeness (QED) is 0.711. The van der Waals surface area contributed by atoms with Gasteiger partial charge in [0.1, 0.15) is 0 Å². The average molecular weight is 363 g/mol. The van der Waals surface area contributed by atoms with Crippen LogP contribution in [0.15, 0.2) is 47.4 Å². The van der Waals surface area contributed by atoms with Gasteiger partial charge < -0.3 is 9.42 Å². The van der Waals surface area contributed by atoms with Crippen LogP contribution in [0.25, 0.3) is 11.5 Å². The van der Waals surface area contributed by atoms with Gasteiger partial charge in [-0.2, -0.15) is 4.98 Å². The van der Waals surface area contributed by atoms with Gasteiger partial charge in [0.2, 0.25) is 0 Å². The Morgan fingerprint density at radius 2 is 2.04 bits per heavy atom. The highest BCUT2D eigenvalue weighted by Gasteiger charge is 2.38. The fourth-order valence-corrected chi connectivity index (χ4v) is 3.45. The lowest BCUT2D eigenvalue weighted by Gasteiger charge is -2.38. The van der Waals surface area contributed by atoms with Crippen molar-refractivity contribution in [2.75, 3.05) is 13.1 Å². The zero-order valence-corrected chi connectivity index (χ0v) is 15.4. The van der Waals surface area contributed by atoms with Gasteiger partial charge in [-0.25, -0.2) is 0 Å². The minimum absolute atomic E-state index is 0.00808. The number of pyridine rings is 2. The molecule has 0 spiro atoms. The zero-order chi connectivity index (χ0) is 18.9. The summed E-state index contributed by atoms with van der Waals surface area (Å²) in [4.78, 5) is 27.6. The molecule has 0 aromatic carbocycles. The Morgan fingerprint density at radius 3 is 2.78 bits per heavy atom. The summed E-state index contributed by atoms with van der Waals surface area (Å²) in [6.07, 6.45) is 6.81. The van der Waals surface area contributed by atoms with Crippen LogP contribution in [-0.2, 0) is 5.41 Å². The second-order valence-corrected chi connectivity index (χ2v) is 7.24. The van der Waals surface area contributed by atoms with E-state index < -0.39 is 0 Å². The minimum atomic E-state index is -0.346. The molecule has 4 rings (SSSR count). The molecule has 1 fully saturated rings. The smallest absolute Gasteiger partial charge is 0.258 e. The van der Waals surface area contributed by atoms with Crippen molar-refractivity contribution in [3.8, 4) is 11.5 Å². The van der Waals surface area contributed by atoms with E-state index in [-0.39, 0.29) is 11.3 Å². The van der Waals surface area contributed by atoms with E-state index in [1.807, 2.05) is 36.1 Å². The van der Waals surface area contributed by atoms with Gasteiger partial charge in [-0.15, -0.1) is 0 Å². The number of carbonyl (C=O) groups excluding carboxylic acids is 1. The maximum atomic E-state index is 12.9. The first-order valence-corrected chi connectivity index (χ1v) is 9.02. The number of likely N-dealkylation sites (tertiary alicyclic amines) is 1. The molecule has 7 heteroatoms. The predicted molar refractivity (Wildman–Crippen MR) is 99.0 cm³/mol. The van der Waals surface area contributed by atoms with Crippen LogP contribution >= 0.6 is 0 Å². The lowest BCUT2D eigenvalue weighted by molar-refractivity contribution is 0.0641. The van der Waals surface area contributed by atoms with Crippen molar-refractivity contribution in [3.05, 3.63) is 59.9 Å². The maximum absolute atomic E-state index is 12.9. The zero-order valence-electron chi connectivity index (χ0n) is 15.4. The van der Waals surface area contributed by atoms with Crippen LogP contribution in [0, 0.1) is 6.92 Å². The molecular weight excluding hydrogens is 342 g/mol. The highest BCUT2D eigenvalue weighted by molar-refractivity contribution is 5.94. The number of hydrogen-bond donors (Lipinski definition) is 0. The molecule has 1 amide bonds. The molecule has 3 aromatic heterocycles. The van der Waals surface area contributed by atoms with E-state index in [9.17, 15) is 4.79 Å². The van der Waals surface area contributed by atoms with Crippen LogP contribution in [-0.4, -0.2) is 44.0 Å². The van der Waals surface area contributed by atoms with E-state index in [4.69, 9.17) is 4.52 Å². The molecule has 1 aliphatic heterocycles. The van der Waals surface area contributed by atoms with Crippen molar-refractivity contribution in [1.29, 1.82) is 0 Å². The van der Waals surface area contributed by atoms with E-state index in [2.05, 4.69) is 27.0 Å². The van der Waals surface area contributed by atoms with Crippen LogP contribution in [0.5, 0.6) is 0 Å². The third-order valence-electron chi connectivity index (χ3n) is 5.04. The number of aryl methyl sites for hydroxylation is 1. The largest absolute Gasteiger partial charge is 0.338 e. The Hall–Kier alpha value is -3.09. The summed E-state index contributed by atoms with van der Waals surface area (Å²) in [7, 11) is 0. The molecule has 0 saturated carbocycles. The highest BCUT2D eigenvalue weighted by Crippen LogP contribution is 2.33. The fraction of sp³-hybridized carbons (Fsp3) is 0.350. The van der Waals surface area contributed by atoms with Gasteiger partial charge in [-0.3, -0.25) is 14.8 Å². The van der Waals surface area contributed by atoms with Crippen LogP contribution in [0.2, 0.25) is 0 Å². The summed E-state index contributed by atoms with van der Waals surface area (Å²) < 4.78 is 5.46. The third-order valence-corrected chi connectivity index (χ3v) is 5.04. The minimum Gasteiger partial charge on any atom is -0.338 e. The standard InChI is InChI=1S/C20H21N5O2/c1-14-4-5-16(12-22-14)18(26)25-11-3-8-20(2,13-25)19-23-17(27-24-19)15-6-9-21-10-7-15/h4-7,9-10,12H,3,8,11,13H2,1-2H3. The van der Waals surface area contributed by atoms with Gasteiger partial charge in [0.25, 0.3) is 11.8 Å². The predicted octanol–water partition coefficient (Wildman–Crippen LogP) is 3.03. The van der Waals surface area contributed by atoms with Crippen LogP contribution in [0.3, 0.4) is 0 Å². The van der Waals surface area contributed by atoms with Crippen molar-refractivity contribution >= 4 is 5.91 Å². The molecule has 0 bridgehead atoms. The van der Waals surface area contributed by atoms with Crippen LogP contribution in [0.4, 0.5) is 0 Å². The number of carbonyl (C=O) groups is 1. The SMILES string of the molecule is Cc1ccc(C(=O)N2CCCC(C)(c3noc(-c4ccncc4)n3)C2)cn1. The number of piperidine rings is 1. The second kappa shape index (κ2) is 6.90. The van der Waals surface area contributed by atoms with Crippen molar-refractivity contribution in [2.45, 2.75) is 32.1 Å². The van der Waals surface area contributed by atoms with Gasteiger partial charge in [0.15, 0.2) is 5.82 Å². The van der Waals surface area contributed by atoms with Crippen LogP contribution < -0.4 is 0 Å². The summed E-state index contributed by atoms with van der Waals surface area (Å²) in [6, 6.07) is 7.35. The third kappa shape index (κ3) is 3.45. The number of rotatable bonds is 3. The summed E-state index contributed by atoms with van der Waals surface area (Å²) >= 11 is 0. The van der Waals surface area contributed by atoms with Gasteiger partial charge in [-0.05, 0) is 44.0 Å². The first-order valence-electron chi connectivity index (χ1n) is 9.02. The Bertz CT molecular complexity index is 939. The number of nitrogens with zero attached hydrogens (tertiary/aromatic N) is 5. The molecule has 0 N–H and O–H groups in total. The summed E-state index contributed by atoms with van der Waals surface area (Å²) in [5.41, 5.74) is 1.99. The first-order chi connectivity index (χ1) is 13.0. The van der Waals surface area contributed by atoms with Crippen LogP contribution in [0.1, 0.15) is 41.6 Å². The topological polar surface area (TPSA) is 85.0 Å². The van der Waals surface area contributed by atoms with Crippen molar-refractivity contribution in [1.82, 2.24) is 25.0 Å². The lowest BCUT2D eigenvalue weighted by Crippen LogP contribution is -2.47. The maximum Gasteiger partial charge on any atom is 0.258 e. The molecule has 138 valence electrons. The molecule has 1 unspecified atom stereocenters. The molecule has 0 radical (unpaired) electrons. The summed E-state index contributed by atoms with van der Waals surface area (Å²) in [6.45, 7) is 5.26. The van der Waals surface area contributed by atoms with E-state index in [0.29, 0.717) is 23.8 Å². The van der Waals surface area contributed by atoms with Crippen molar-refractivity contribution < 1.29 is 9.32 Å². The molecule has 3 aromatic rings. The summed E-state index contributed by atoms with van der Waals surface area (Å²) in [5.74, 6) is 1.10. The molecular formula is C20H21N5O2. The van der Waals surface area contributed by atoms with E-state index in [1.54, 1.807) is 18.6 Å². The number of aromatic nitrogens is 4. The van der Waals surface area contributed by atoms with Gasteiger partial charge in [0, 0.05) is 48.4 Å². The molecule has 1 aliphatic rings. The Balaban J connectivity index is 1.55. The summed E-state index contributed by atoms with van der Waals surface area (Å²) in [5, 5.41) is 4.21. The molecule has 0 aliphatic carbocycles. The van der Waals surface area contributed by atoms with Gasteiger partial charge in [-0.1, -0.05) is 12.1 Å². The van der Waals surface area contributed by atoms with E-state index >= 15 is 0 Å². The average Bonchev–Trinajstić information content (AvgIpc) is 3.20. The molecule has 4 heterocycles.